The Morgan fingerprint density at radius 3 is 2.56 bits per heavy atom. The number of thiophene rings is 1. The molecule has 1 aromatic carbocycles. The second kappa shape index (κ2) is 5.87. The highest BCUT2D eigenvalue weighted by Gasteiger charge is 2.12. The van der Waals surface area contributed by atoms with E-state index in [0.29, 0.717) is 15.6 Å². The number of rotatable bonds is 4. The van der Waals surface area contributed by atoms with Crippen LogP contribution in [0.4, 0.5) is 0 Å². The zero-order chi connectivity index (χ0) is 13.1. The van der Waals surface area contributed by atoms with Crippen LogP contribution in [0, 0.1) is 0 Å². The quantitative estimate of drug-likeness (QED) is 0.757. The molecule has 2 nitrogen and oxygen atoms in total. The van der Waals surface area contributed by atoms with Crippen molar-refractivity contribution in [1.82, 2.24) is 0 Å². The third-order valence-corrected chi connectivity index (χ3v) is 4.96. The fourth-order valence-electron chi connectivity index (χ4n) is 1.50. The highest BCUT2D eigenvalue weighted by atomic mass is 79.9. The second-order valence-corrected chi connectivity index (χ2v) is 6.19. The first kappa shape index (κ1) is 13.6. The first-order valence-electron chi connectivity index (χ1n) is 5.21. The Kier molecular flexibility index (Phi) is 4.43. The highest BCUT2D eigenvalue weighted by molar-refractivity contribution is 9.10. The maximum atomic E-state index is 12.0. The molecule has 2 aromatic rings. The average molecular weight is 346 g/mol. The van der Waals surface area contributed by atoms with Crippen molar-refractivity contribution >= 4 is 44.7 Å². The molecule has 0 bridgehead atoms. The van der Waals surface area contributed by atoms with Crippen LogP contribution in [0.1, 0.15) is 15.2 Å². The van der Waals surface area contributed by atoms with Gasteiger partial charge < -0.3 is 4.74 Å². The van der Waals surface area contributed by atoms with Crippen LogP contribution in [0.15, 0.2) is 34.8 Å². The molecule has 18 heavy (non-hydrogen) atoms. The molecule has 1 aromatic heterocycles. The number of hydrogen-bond donors (Lipinski definition) is 0. The minimum absolute atomic E-state index is 0.0674. The van der Waals surface area contributed by atoms with Crippen LogP contribution in [0.3, 0.4) is 0 Å². The summed E-state index contributed by atoms with van der Waals surface area (Å²) in [6.07, 6.45) is 0.368. The molecule has 0 saturated carbocycles. The van der Waals surface area contributed by atoms with Crippen molar-refractivity contribution in [2.24, 2.45) is 0 Å². The maximum absolute atomic E-state index is 12.0. The van der Waals surface area contributed by atoms with E-state index < -0.39 is 0 Å². The minimum atomic E-state index is 0.0674. The highest BCUT2D eigenvalue weighted by Crippen LogP contribution is 2.32. The predicted molar refractivity (Wildman–Crippen MR) is 78.1 cm³/mol. The summed E-state index contributed by atoms with van der Waals surface area (Å²) in [5.74, 6) is 0.853. The Bertz CT molecular complexity index is 543. The van der Waals surface area contributed by atoms with Crippen molar-refractivity contribution in [3.05, 3.63) is 49.6 Å². The van der Waals surface area contributed by atoms with Crippen LogP contribution in [0.2, 0.25) is 4.34 Å². The average Bonchev–Trinajstić information content (AvgIpc) is 2.71. The first-order valence-corrected chi connectivity index (χ1v) is 7.20. The smallest absolute Gasteiger partial charge is 0.177 e. The van der Waals surface area contributed by atoms with Crippen molar-refractivity contribution in [3.63, 3.8) is 0 Å². The minimum Gasteiger partial charge on any atom is -0.497 e. The van der Waals surface area contributed by atoms with E-state index in [1.54, 1.807) is 13.2 Å². The number of Topliss-reactive ketones (excluding diaryl/α,β-unsaturated/α-hetero) is 1. The molecule has 0 fully saturated rings. The molecule has 0 spiro atoms. The van der Waals surface area contributed by atoms with Crippen LogP contribution < -0.4 is 4.74 Å². The van der Waals surface area contributed by atoms with Crippen molar-refractivity contribution in [1.29, 1.82) is 0 Å². The van der Waals surface area contributed by atoms with Gasteiger partial charge in [-0.3, -0.25) is 4.79 Å². The van der Waals surface area contributed by atoms with Gasteiger partial charge in [-0.1, -0.05) is 23.7 Å². The Morgan fingerprint density at radius 1 is 1.39 bits per heavy atom. The summed E-state index contributed by atoms with van der Waals surface area (Å²) < 4.78 is 6.45. The molecule has 0 amide bonds. The van der Waals surface area contributed by atoms with Crippen LogP contribution in [-0.4, -0.2) is 12.9 Å². The third-order valence-electron chi connectivity index (χ3n) is 2.44. The summed E-state index contributed by atoms with van der Waals surface area (Å²) in [7, 11) is 1.62. The lowest BCUT2D eigenvalue weighted by Gasteiger charge is -2.02. The van der Waals surface area contributed by atoms with E-state index in [0.717, 1.165) is 15.8 Å². The fraction of sp³-hybridized carbons (Fsp3) is 0.154. The Labute approximate surface area is 123 Å². The van der Waals surface area contributed by atoms with E-state index in [-0.39, 0.29) is 5.78 Å². The zero-order valence-electron chi connectivity index (χ0n) is 9.57. The molecule has 1 heterocycles. The standard InChI is InChI=1S/C13H10BrClO2S/c1-17-9-4-2-8(3-5-9)6-11(16)12-7-10(14)13(15)18-12/h2-5,7H,6H2,1H3. The Morgan fingerprint density at radius 2 is 2.06 bits per heavy atom. The van der Waals surface area contributed by atoms with Gasteiger partial charge in [0.15, 0.2) is 5.78 Å². The second-order valence-electron chi connectivity index (χ2n) is 3.68. The van der Waals surface area contributed by atoms with Crippen molar-refractivity contribution in [2.45, 2.75) is 6.42 Å². The normalized spacial score (nSPS) is 10.4. The predicted octanol–water partition coefficient (Wildman–Crippen LogP) is 4.60. The van der Waals surface area contributed by atoms with E-state index in [4.69, 9.17) is 16.3 Å². The van der Waals surface area contributed by atoms with Gasteiger partial charge in [-0.25, -0.2) is 0 Å². The van der Waals surface area contributed by atoms with Crippen LogP contribution >= 0.6 is 38.9 Å². The van der Waals surface area contributed by atoms with Gasteiger partial charge in [-0.2, -0.15) is 0 Å². The molecule has 0 N–H and O–H groups in total. The molecule has 2 rings (SSSR count). The molecule has 0 aliphatic heterocycles. The van der Waals surface area contributed by atoms with Gasteiger partial charge in [-0.15, -0.1) is 11.3 Å². The topological polar surface area (TPSA) is 26.3 Å². The molecule has 0 aliphatic rings. The first-order chi connectivity index (χ1) is 8.60. The van der Waals surface area contributed by atoms with Gasteiger partial charge in [0.2, 0.25) is 0 Å². The third kappa shape index (κ3) is 3.13. The lowest BCUT2D eigenvalue weighted by molar-refractivity contribution is 0.0997. The number of carbonyl (C=O) groups excluding carboxylic acids is 1. The summed E-state index contributed by atoms with van der Waals surface area (Å²) in [6.45, 7) is 0. The van der Waals surface area contributed by atoms with Crippen LogP contribution in [-0.2, 0) is 6.42 Å². The molecular formula is C13H10BrClO2S. The number of halogens is 2. The van der Waals surface area contributed by atoms with Crippen molar-refractivity contribution in [3.8, 4) is 5.75 Å². The number of carbonyl (C=O) groups is 1. The molecular weight excluding hydrogens is 336 g/mol. The molecule has 0 saturated heterocycles. The SMILES string of the molecule is COc1ccc(CC(=O)c2cc(Br)c(Cl)s2)cc1. The summed E-state index contributed by atoms with van der Waals surface area (Å²) in [6, 6.07) is 9.24. The van der Waals surface area contributed by atoms with Gasteiger partial charge in [0.05, 0.1) is 12.0 Å². The van der Waals surface area contributed by atoms with E-state index >= 15 is 0 Å². The molecule has 5 heteroatoms. The molecule has 0 aliphatic carbocycles. The van der Waals surface area contributed by atoms with Crippen molar-refractivity contribution < 1.29 is 9.53 Å². The largest absolute Gasteiger partial charge is 0.497 e. The van der Waals surface area contributed by atoms with E-state index in [9.17, 15) is 4.79 Å². The number of methoxy groups -OCH3 is 1. The summed E-state index contributed by atoms with van der Waals surface area (Å²) >= 11 is 10.5. The lowest BCUT2D eigenvalue weighted by atomic mass is 10.1. The van der Waals surface area contributed by atoms with E-state index in [1.165, 1.54) is 11.3 Å². The summed E-state index contributed by atoms with van der Waals surface area (Å²) in [5, 5.41) is 0. The van der Waals surface area contributed by atoms with Gasteiger partial charge in [0.1, 0.15) is 10.1 Å². The van der Waals surface area contributed by atoms with Gasteiger partial charge in [0, 0.05) is 10.9 Å². The van der Waals surface area contributed by atoms with Gasteiger partial charge >= 0.3 is 0 Å². The number of ketones is 1. The number of ether oxygens (including phenoxy) is 1. The molecule has 0 radical (unpaired) electrons. The number of hydrogen-bond acceptors (Lipinski definition) is 3. The van der Waals surface area contributed by atoms with E-state index in [2.05, 4.69) is 15.9 Å². The molecule has 0 unspecified atom stereocenters. The summed E-state index contributed by atoms with van der Waals surface area (Å²) in [5.41, 5.74) is 0.960. The number of benzene rings is 1. The summed E-state index contributed by atoms with van der Waals surface area (Å²) in [4.78, 5) is 12.7. The van der Waals surface area contributed by atoms with Gasteiger partial charge in [0.25, 0.3) is 0 Å². The molecule has 94 valence electrons. The Balaban J connectivity index is 2.10. The van der Waals surface area contributed by atoms with Crippen molar-refractivity contribution in [2.75, 3.05) is 7.11 Å². The van der Waals surface area contributed by atoms with E-state index in [1.807, 2.05) is 24.3 Å². The fourth-order valence-corrected chi connectivity index (χ4v) is 3.14. The maximum Gasteiger partial charge on any atom is 0.177 e. The zero-order valence-corrected chi connectivity index (χ0v) is 12.7. The lowest BCUT2D eigenvalue weighted by Crippen LogP contribution is -2.00. The van der Waals surface area contributed by atoms with Crippen LogP contribution in [0.25, 0.3) is 0 Å². The Hall–Kier alpha value is -0.840. The molecule has 0 atom stereocenters. The van der Waals surface area contributed by atoms with Crippen LogP contribution in [0.5, 0.6) is 5.75 Å². The monoisotopic (exact) mass is 344 g/mol. The van der Waals surface area contributed by atoms with Gasteiger partial charge in [-0.05, 0) is 39.7 Å².